The highest BCUT2D eigenvalue weighted by Gasteiger charge is 2.26. The SMILES string of the molecule is COC(=O)CN1CCS/C(=C\c2ccc(OC(C)=O)c(C(C)(C)C)c2)C1=O. The normalized spacial score (nSPS) is 16.4. The third-order valence-corrected chi connectivity index (χ3v) is 5.02. The zero-order valence-electron chi connectivity index (χ0n) is 16.3. The van der Waals surface area contributed by atoms with E-state index in [4.69, 9.17) is 4.74 Å². The minimum Gasteiger partial charge on any atom is -0.468 e. The van der Waals surface area contributed by atoms with Gasteiger partial charge in [-0.3, -0.25) is 14.4 Å². The van der Waals surface area contributed by atoms with E-state index in [1.54, 1.807) is 6.07 Å². The molecule has 1 heterocycles. The van der Waals surface area contributed by atoms with Crippen LogP contribution in [0.2, 0.25) is 0 Å². The van der Waals surface area contributed by atoms with E-state index in [0.717, 1.165) is 11.1 Å². The number of esters is 2. The number of rotatable bonds is 4. The van der Waals surface area contributed by atoms with Gasteiger partial charge in [-0.05, 0) is 29.2 Å². The van der Waals surface area contributed by atoms with Crippen molar-refractivity contribution in [3.05, 3.63) is 34.2 Å². The zero-order valence-corrected chi connectivity index (χ0v) is 17.1. The second-order valence-electron chi connectivity index (χ2n) is 7.26. The van der Waals surface area contributed by atoms with Crippen LogP contribution >= 0.6 is 11.8 Å². The van der Waals surface area contributed by atoms with Gasteiger partial charge in [0.1, 0.15) is 12.3 Å². The summed E-state index contributed by atoms with van der Waals surface area (Å²) in [5.74, 6) is 0.246. The molecule has 7 heteroatoms. The molecule has 1 amide bonds. The van der Waals surface area contributed by atoms with Crippen molar-refractivity contribution >= 4 is 35.7 Å². The molecule has 0 bridgehead atoms. The Labute approximate surface area is 163 Å². The van der Waals surface area contributed by atoms with E-state index in [1.807, 2.05) is 39.0 Å². The molecule has 0 aromatic heterocycles. The van der Waals surface area contributed by atoms with E-state index < -0.39 is 5.97 Å². The molecule has 2 rings (SSSR count). The van der Waals surface area contributed by atoms with Gasteiger partial charge >= 0.3 is 11.9 Å². The van der Waals surface area contributed by atoms with Gasteiger partial charge < -0.3 is 14.4 Å². The molecule has 0 saturated carbocycles. The molecule has 0 radical (unpaired) electrons. The summed E-state index contributed by atoms with van der Waals surface area (Å²) in [6.45, 7) is 7.93. The number of thioether (sulfide) groups is 1. The number of nitrogens with zero attached hydrogens (tertiary/aromatic N) is 1. The molecule has 0 spiro atoms. The molecule has 27 heavy (non-hydrogen) atoms. The fraction of sp³-hybridized carbons (Fsp3) is 0.450. The summed E-state index contributed by atoms with van der Waals surface area (Å²) >= 11 is 1.47. The van der Waals surface area contributed by atoms with Crippen molar-refractivity contribution in [3.8, 4) is 5.75 Å². The van der Waals surface area contributed by atoms with Gasteiger partial charge in [0.2, 0.25) is 0 Å². The highest BCUT2D eigenvalue weighted by atomic mass is 32.2. The van der Waals surface area contributed by atoms with Crippen LogP contribution in [0.5, 0.6) is 5.75 Å². The molecule has 0 N–H and O–H groups in total. The Bertz CT molecular complexity index is 779. The average molecular weight is 391 g/mol. The van der Waals surface area contributed by atoms with Crippen LogP contribution in [0.15, 0.2) is 23.1 Å². The molecule has 0 atom stereocenters. The lowest BCUT2D eigenvalue weighted by atomic mass is 9.85. The van der Waals surface area contributed by atoms with Gasteiger partial charge in [0.15, 0.2) is 0 Å². The van der Waals surface area contributed by atoms with Crippen LogP contribution in [-0.2, 0) is 24.5 Å². The van der Waals surface area contributed by atoms with Gasteiger partial charge in [0.25, 0.3) is 5.91 Å². The quantitative estimate of drug-likeness (QED) is 0.446. The van der Waals surface area contributed by atoms with Gasteiger partial charge in [-0.1, -0.05) is 26.8 Å². The summed E-state index contributed by atoms with van der Waals surface area (Å²) in [5.41, 5.74) is 1.48. The second kappa shape index (κ2) is 8.61. The number of amides is 1. The summed E-state index contributed by atoms with van der Waals surface area (Å²) in [6.07, 6.45) is 1.81. The monoisotopic (exact) mass is 391 g/mol. The maximum atomic E-state index is 12.6. The number of hydrogen-bond donors (Lipinski definition) is 0. The predicted molar refractivity (Wildman–Crippen MR) is 105 cm³/mol. The lowest BCUT2D eigenvalue weighted by Gasteiger charge is -2.27. The standard InChI is InChI=1S/C20H25NO5S/c1-13(22)26-16-7-6-14(10-15(16)20(2,3)4)11-17-19(24)21(8-9-27-17)12-18(23)25-5/h6-7,10-11H,8-9,12H2,1-5H3/b17-11-. The van der Waals surface area contributed by atoms with Gasteiger partial charge in [0.05, 0.1) is 12.0 Å². The summed E-state index contributed by atoms with van der Waals surface area (Å²) in [7, 11) is 1.31. The molecule has 1 fully saturated rings. The number of methoxy groups -OCH3 is 1. The zero-order chi connectivity index (χ0) is 20.2. The number of carbonyl (C=O) groups excluding carboxylic acids is 3. The highest BCUT2D eigenvalue weighted by Crippen LogP contribution is 2.34. The predicted octanol–water partition coefficient (Wildman–Crippen LogP) is 3.00. The Hall–Kier alpha value is -2.28. The minimum absolute atomic E-state index is 0.0497. The van der Waals surface area contributed by atoms with Crippen LogP contribution in [-0.4, -0.2) is 48.7 Å². The van der Waals surface area contributed by atoms with Gasteiger partial charge in [-0.15, -0.1) is 11.8 Å². The van der Waals surface area contributed by atoms with Crippen LogP contribution in [0.25, 0.3) is 6.08 Å². The van der Waals surface area contributed by atoms with Crippen LogP contribution in [0, 0.1) is 0 Å². The summed E-state index contributed by atoms with van der Waals surface area (Å²) in [4.78, 5) is 37.5. The van der Waals surface area contributed by atoms with Crippen molar-refractivity contribution in [3.63, 3.8) is 0 Å². The minimum atomic E-state index is -0.435. The Morgan fingerprint density at radius 2 is 2.00 bits per heavy atom. The fourth-order valence-corrected chi connectivity index (χ4v) is 3.68. The third kappa shape index (κ3) is 5.60. The second-order valence-corrected chi connectivity index (χ2v) is 8.40. The molecule has 1 saturated heterocycles. The van der Waals surface area contributed by atoms with Gasteiger partial charge in [-0.2, -0.15) is 0 Å². The van der Waals surface area contributed by atoms with E-state index in [-0.39, 0.29) is 23.8 Å². The Morgan fingerprint density at radius 1 is 1.30 bits per heavy atom. The number of benzene rings is 1. The van der Waals surface area contributed by atoms with Gasteiger partial charge in [0, 0.05) is 24.8 Å². The largest absolute Gasteiger partial charge is 0.468 e. The fourth-order valence-electron chi connectivity index (χ4n) is 2.68. The number of hydrogen-bond acceptors (Lipinski definition) is 6. The van der Waals surface area contributed by atoms with E-state index in [9.17, 15) is 14.4 Å². The van der Waals surface area contributed by atoms with E-state index >= 15 is 0 Å². The highest BCUT2D eigenvalue weighted by molar-refractivity contribution is 8.04. The molecular weight excluding hydrogens is 366 g/mol. The van der Waals surface area contributed by atoms with Crippen LogP contribution in [0.4, 0.5) is 0 Å². The summed E-state index contributed by atoms with van der Waals surface area (Å²) in [6, 6.07) is 5.49. The van der Waals surface area contributed by atoms with E-state index in [0.29, 0.717) is 23.0 Å². The molecule has 1 aliphatic heterocycles. The number of carbonyl (C=O) groups is 3. The van der Waals surface area contributed by atoms with Crippen LogP contribution in [0.3, 0.4) is 0 Å². The Morgan fingerprint density at radius 3 is 2.59 bits per heavy atom. The van der Waals surface area contributed by atoms with Crippen molar-refractivity contribution in [2.45, 2.75) is 33.1 Å². The first-order chi connectivity index (χ1) is 12.6. The Balaban J connectivity index is 2.33. The van der Waals surface area contributed by atoms with Crippen molar-refractivity contribution < 1.29 is 23.9 Å². The van der Waals surface area contributed by atoms with Crippen LogP contribution < -0.4 is 4.74 Å². The first-order valence-electron chi connectivity index (χ1n) is 8.65. The van der Waals surface area contributed by atoms with Crippen molar-refractivity contribution in [1.82, 2.24) is 4.90 Å². The van der Waals surface area contributed by atoms with Crippen LogP contribution in [0.1, 0.15) is 38.8 Å². The molecule has 0 unspecified atom stereocenters. The molecule has 1 aromatic rings. The third-order valence-electron chi connectivity index (χ3n) is 4.03. The lowest BCUT2D eigenvalue weighted by molar-refractivity contribution is -0.145. The summed E-state index contributed by atoms with van der Waals surface area (Å²) < 4.78 is 9.97. The van der Waals surface area contributed by atoms with E-state index in [2.05, 4.69) is 4.74 Å². The maximum absolute atomic E-state index is 12.6. The smallest absolute Gasteiger partial charge is 0.325 e. The molecule has 1 aromatic carbocycles. The molecule has 146 valence electrons. The maximum Gasteiger partial charge on any atom is 0.325 e. The topological polar surface area (TPSA) is 72.9 Å². The summed E-state index contributed by atoms with van der Waals surface area (Å²) in [5, 5.41) is 0. The van der Waals surface area contributed by atoms with Crippen molar-refractivity contribution in [2.75, 3.05) is 26.0 Å². The first-order valence-corrected chi connectivity index (χ1v) is 9.64. The first kappa shape index (κ1) is 21.0. The van der Waals surface area contributed by atoms with Crippen molar-refractivity contribution in [2.24, 2.45) is 0 Å². The number of ether oxygens (including phenoxy) is 2. The molecule has 6 nitrogen and oxygen atoms in total. The molecule has 1 aliphatic rings. The average Bonchev–Trinajstić information content (AvgIpc) is 2.58. The molecular formula is C20H25NO5S. The lowest BCUT2D eigenvalue weighted by Crippen LogP contribution is -2.40. The van der Waals surface area contributed by atoms with E-state index in [1.165, 1.54) is 30.7 Å². The molecule has 0 aliphatic carbocycles. The van der Waals surface area contributed by atoms with Gasteiger partial charge in [-0.25, -0.2) is 0 Å². The Kier molecular flexibility index (Phi) is 6.70. The van der Waals surface area contributed by atoms with Crippen molar-refractivity contribution in [1.29, 1.82) is 0 Å².